The molecule has 1 aliphatic heterocycles. The molecule has 2 fully saturated rings. The lowest BCUT2D eigenvalue weighted by atomic mass is 10.1. The largest absolute Gasteiger partial charge is 0.416 e. The van der Waals surface area contributed by atoms with Gasteiger partial charge in [-0.25, -0.2) is 19.3 Å². The van der Waals surface area contributed by atoms with Gasteiger partial charge in [0.05, 0.1) is 41.8 Å². The number of ether oxygens (including phenoxy) is 1. The molecule has 3 aromatic heterocycles. The van der Waals surface area contributed by atoms with Crippen molar-refractivity contribution in [2.45, 2.75) is 58.0 Å². The van der Waals surface area contributed by atoms with Gasteiger partial charge in [-0.15, -0.1) is 0 Å². The fourth-order valence-corrected chi connectivity index (χ4v) is 4.67. The van der Waals surface area contributed by atoms with Crippen LogP contribution in [0.3, 0.4) is 0 Å². The Morgan fingerprint density at radius 2 is 1.76 bits per heavy atom. The first kappa shape index (κ1) is 24.7. The lowest BCUT2D eigenvalue weighted by Crippen LogP contribution is -2.43. The summed E-state index contributed by atoms with van der Waals surface area (Å²) in [5, 5.41) is 4.47. The van der Waals surface area contributed by atoms with E-state index in [9.17, 15) is 13.2 Å². The van der Waals surface area contributed by atoms with E-state index in [2.05, 4.69) is 25.0 Å². The number of aryl methyl sites for hydroxylation is 2. The zero-order chi connectivity index (χ0) is 26.8. The predicted octanol–water partition coefficient (Wildman–Crippen LogP) is 5.36. The lowest BCUT2D eigenvalue weighted by molar-refractivity contribution is -0.137. The topological polar surface area (TPSA) is 81.9 Å². The maximum atomic E-state index is 15.1. The molecule has 198 valence electrons. The molecule has 8 nitrogen and oxygen atoms in total. The molecule has 6 rings (SSSR count). The van der Waals surface area contributed by atoms with Gasteiger partial charge >= 0.3 is 6.18 Å². The van der Waals surface area contributed by atoms with Gasteiger partial charge in [-0.1, -0.05) is 0 Å². The Balaban J connectivity index is 1.43. The second-order valence-electron chi connectivity index (χ2n) is 9.96. The van der Waals surface area contributed by atoms with Crippen molar-refractivity contribution < 1.29 is 22.3 Å². The van der Waals surface area contributed by atoms with Crippen molar-refractivity contribution in [1.29, 1.82) is 0 Å². The minimum Gasteiger partial charge on any atom is -0.367 e. The number of alkyl halides is 3. The van der Waals surface area contributed by atoms with Crippen molar-refractivity contribution in [3.8, 4) is 11.3 Å². The van der Waals surface area contributed by atoms with Crippen LogP contribution in [0.15, 0.2) is 30.6 Å². The molecule has 4 aromatic rings. The smallest absolute Gasteiger partial charge is 0.367 e. The van der Waals surface area contributed by atoms with Crippen LogP contribution in [0.5, 0.6) is 0 Å². The first-order chi connectivity index (χ1) is 18.1. The third-order valence-electron chi connectivity index (χ3n) is 6.94. The minimum absolute atomic E-state index is 0.0871. The van der Waals surface area contributed by atoms with E-state index in [4.69, 9.17) is 4.74 Å². The zero-order valence-electron chi connectivity index (χ0n) is 21.0. The summed E-state index contributed by atoms with van der Waals surface area (Å²) in [6, 6.07) is 2.83. The number of hydrogen-bond donors (Lipinski definition) is 0. The number of halogens is 4. The molecule has 0 bridgehead atoms. The van der Waals surface area contributed by atoms with Crippen LogP contribution in [-0.2, 0) is 10.9 Å². The number of aromatic nitrogens is 6. The van der Waals surface area contributed by atoms with Crippen molar-refractivity contribution in [1.82, 2.24) is 29.7 Å². The monoisotopic (exact) mass is 527 g/mol. The molecule has 0 unspecified atom stereocenters. The van der Waals surface area contributed by atoms with Crippen molar-refractivity contribution in [2.75, 3.05) is 18.0 Å². The maximum Gasteiger partial charge on any atom is 0.416 e. The molecule has 1 aliphatic carbocycles. The van der Waals surface area contributed by atoms with Gasteiger partial charge in [-0.2, -0.15) is 23.3 Å². The minimum atomic E-state index is -4.67. The number of fused-ring (bicyclic) bond motifs is 1. The summed E-state index contributed by atoms with van der Waals surface area (Å²) in [5.41, 5.74) is 1.54. The summed E-state index contributed by atoms with van der Waals surface area (Å²) < 4.78 is 62.8. The molecule has 1 aromatic carbocycles. The Labute approximate surface area is 215 Å². The first-order valence-electron chi connectivity index (χ1n) is 12.4. The van der Waals surface area contributed by atoms with Crippen LogP contribution in [0.2, 0.25) is 0 Å². The van der Waals surface area contributed by atoms with Crippen molar-refractivity contribution in [3.05, 3.63) is 58.9 Å². The molecule has 0 amide bonds. The van der Waals surface area contributed by atoms with E-state index in [1.807, 2.05) is 22.7 Å². The van der Waals surface area contributed by atoms with Gasteiger partial charge in [0.15, 0.2) is 5.65 Å². The van der Waals surface area contributed by atoms with Gasteiger partial charge < -0.3 is 9.64 Å². The molecular weight excluding hydrogens is 502 g/mol. The number of benzene rings is 1. The van der Waals surface area contributed by atoms with E-state index in [1.165, 1.54) is 0 Å². The molecule has 1 saturated carbocycles. The van der Waals surface area contributed by atoms with Crippen LogP contribution >= 0.6 is 0 Å². The van der Waals surface area contributed by atoms with E-state index in [-0.39, 0.29) is 40.6 Å². The molecular formula is C26H25F4N7O. The lowest BCUT2D eigenvalue weighted by Gasteiger charge is -2.36. The molecule has 38 heavy (non-hydrogen) atoms. The van der Waals surface area contributed by atoms with Gasteiger partial charge in [-0.05, 0) is 51.8 Å². The van der Waals surface area contributed by atoms with Crippen molar-refractivity contribution in [2.24, 2.45) is 0 Å². The third-order valence-corrected chi connectivity index (χ3v) is 6.94. The van der Waals surface area contributed by atoms with E-state index in [1.54, 1.807) is 20.0 Å². The third kappa shape index (κ3) is 4.57. The Bertz CT molecular complexity index is 1530. The number of hydrogen-bond acceptors (Lipinski definition) is 7. The van der Waals surface area contributed by atoms with E-state index >= 15 is 4.39 Å². The average Bonchev–Trinajstić information content (AvgIpc) is 3.59. The van der Waals surface area contributed by atoms with Gasteiger partial charge in [0.2, 0.25) is 5.95 Å². The summed E-state index contributed by atoms with van der Waals surface area (Å²) in [6.45, 7) is 6.35. The standard InChI is InChI=1S/C26H25F4N7O/c1-13-10-36(12-21(38-13)16-9-31-37(11-16)18-5-6-18)25-34-22(23-24(35-25)33-15(3)14(2)32-23)19-7-4-17(8-20(19)27)26(28,29)30/h4,7-9,11,13,18,21H,5-6,10,12H2,1-3H3/t13-,21+/m1/s1. The highest BCUT2D eigenvalue weighted by Crippen LogP contribution is 2.37. The van der Waals surface area contributed by atoms with E-state index in [0.717, 1.165) is 30.5 Å². The van der Waals surface area contributed by atoms with Crippen LogP contribution in [-0.4, -0.2) is 48.9 Å². The number of anilines is 1. The molecule has 0 radical (unpaired) electrons. The molecule has 1 saturated heterocycles. The van der Waals surface area contributed by atoms with Crippen LogP contribution in [0.1, 0.15) is 54.4 Å². The fourth-order valence-electron chi connectivity index (χ4n) is 4.67. The highest BCUT2D eigenvalue weighted by Gasteiger charge is 2.33. The maximum absolute atomic E-state index is 15.1. The van der Waals surface area contributed by atoms with Crippen molar-refractivity contribution in [3.63, 3.8) is 0 Å². The molecule has 0 spiro atoms. The van der Waals surface area contributed by atoms with Gasteiger partial charge in [0.25, 0.3) is 0 Å². The second kappa shape index (κ2) is 8.97. The molecule has 2 atom stereocenters. The van der Waals surface area contributed by atoms with Crippen LogP contribution in [0.4, 0.5) is 23.5 Å². The summed E-state index contributed by atoms with van der Waals surface area (Å²) in [4.78, 5) is 20.3. The highest BCUT2D eigenvalue weighted by molar-refractivity contribution is 5.88. The summed E-state index contributed by atoms with van der Waals surface area (Å²) >= 11 is 0. The Morgan fingerprint density at radius 1 is 1.00 bits per heavy atom. The molecule has 12 heteroatoms. The summed E-state index contributed by atoms with van der Waals surface area (Å²) in [7, 11) is 0. The summed E-state index contributed by atoms with van der Waals surface area (Å²) in [6.07, 6.45) is 0.906. The highest BCUT2D eigenvalue weighted by atomic mass is 19.4. The SMILES string of the molecule is Cc1nc2nc(N3C[C@@H](C)O[C@H](c4cnn(C5CC5)c4)C3)nc(-c3ccc(C(F)(F)F)cc3F)c2nc1C. The fraction of sp³-hybridized carbons (Fsp3) is 0.423. The first-order valence-corrected chi connectivity index (χ1v) is 12.4. The van der Waals surface area contributed by atoms with Gasteiger partial charge in [0, 0.05) is 23.9 Å². The number of morpholine rings is 1. The van der Waals surface area contributed by atoms with Crippen molar-refractivity contribution >= 4 is 17.1 Å². The Morgan fingerprint density at radius 3 is 2.47 bits per heavy atom. The summed E-state index contributed by atoms with van der Waals surface area (Å²) in [5.74, 6) is -0.773. The zero-order valence-corrected chi connectivity index (χ0v) is 21.0. The Kier molecular flexibility index (Phi) is 5.82. The number of nitrogens with zero attached hydrogens (tertiary/aromatic N) is 7. The number of rotatable bonds is 4. The van der Waals surface area contributed by atoms with Crippen LogP contribution in [0, 0.1) is 19.7 Å². The Hall–Kier alpha value is -3.67. The van der Waals surface area contributed by atoms with E-state index in [0.29, 0.717) is 36.6 Å². The average molecular weight is 528 g/mol. The molecule has 4 heterocycles. The normalized spacial score (nSPS) is 20.3. The van der Waals surface area contributed by atoms with Crippen LogP contribution < -0.4 is 4.90 Å². The molecule has 2 aliphatic rings. The molecule has 0 N–H and O–H groups in total. The van der Waals surface area contributed by atoms with Gasteiger partial charge in [0.1, 0.15) is 23.1 Å². The van der Waals surface area contributed by atoms with Crippen LogP contribution in [0.25, 0.3) is 22.4 Å². The van der Waals surface area contributed by atoms with E-state index < -0.39 is 17.6 Å². The quantitative estimate of drug-likeness (QED) is 0.331. The van der Waals surface area contributed by atoms with Gasteiger partial charge in [-0.3, -0.25) is 4.68 Å². The predicted molar refractivity (Wildman–Crippen MR) is 131 cm³/mol. The second-order valence-corrected chi connectivity index (χ2v) is 9.96.